The van der Waals surface area contributed by atoms with Crippen molar-refractivity contribution in [1.82, 2.24) is 0 Å². The van der Waals surface area contributed by atoms with Gasteiger partial charge in [0, 0.05) is 15.9 Å². The van der Waals surface area contributed by atoms with Crippen molar-refractivity contribution in [3.63, 3.8) is 0 Å². The molecule has 0 radical (unpaired) electrons. The number of benzene rings is 1. The summed E-state index contributed by atoms with van der Waals surface area (Å²) in [6.07, 6.45) is 11.4. The number of thiophene rings is 1. The van der Waals surface area contributed by atoms with Gasteiger partial charge in [-0.15, -0.1) is 23.1 Å². The van der Waals surface area contributed by atoms with Gasteiger partial charge in [-0.05, 0) is 40.6 Å². The molecule has 0 saturated carbocycles. The van der Waals surface area contributed by atoms with Gasteiger partial charge in [0.05, 0.1) is 0 Å². The van der Waals surface area contributed by atoms with E-state index in [4.69, 9.17) is 0 Å². The first kappa shape index (κ1) is 12.5. The quantitative estimate of drug-likeness (QED) is 0.713. The monoisotopic (exact) mass is 296 g/mol. The second kappa shape index (κ2) is 5.27. The van der Waals surface area contributed by atoms with Crippen LogP contribution in [0, 0.1) is 5.92 Å². The smallest absolute Gasteiger partial charge is 0.0372 e. The van der Waals surface area contributed by atoms with Crippen LogP contribution < -0.4 is 0 Å². The molecule has 2 heterocycles. The largest absolute Gasteiger partial charge is 0.144 e. The summed E-state index contributed by atoms with van der Waals surface area (Å²) >= 11 is 3.85. The van der Waals surface area contributed by atoms with Gasteiger partial charge in [0.2, 0.25) is 0 Å². The van der Waals surface area contributed by atoms with Gasteiger partial charge < -0.3 is 0 Å². The van der Waals surface area contributed by atoms with Crippen LogP contribution in [0.1, 0.15) is 12.0 Å². The van der Waals surface area contributed by atoms with Crippen LogP contribution >= 0.6 is 23.1 Å². The van der Waals surface area contributed by atoms with Crippen LogP contribution in [0.5, 0.6) is 0 Å². The SMILES string of the molecule is C1=CC2SC=C(CCc3csc4ccccc34)C2C=C1. The summed E-state index contributed by atoms with van der Waals surface area (Å²) in [5.41, 5.74) is 3.12. The van der Waals surface area contributed by atoms with Crippen LogP contribution in [0.15, 0.2) is 64.9 Å². The number of rotatable bonds is 3. The first-order valence-electron chi connectivity index (χ1n) is 7.06. The fourth-order valence-electron chi connectivity index (χ4n) is 3.03. The topological polar surface area (TPSA) is 0 Å². The van der Waals surface area contributed by atoms with Gasteiger partial charge in [0.25, 0.3) is 0 Å². The first-order chi connectivity index (χ1) is 9.92. The lowest BCUT2D eigenvalue weighted by molar-refractivity contribution is 0.740. The van der Waals surface area contributed by atoms with E-state index in [1.54, 1.807) is 5.57 Å². The molecule has 2 unspecified atom stereocenters. The maximum Gasteiger partial charge on any atom is 0.0372 e. The standard InChI is InChI=1S/C18H16S2/c1-3-7-17-15(5-1)13(11-19-17)9-10-14-12-20-18-8-4-2-6-16(14)18/h1-8,11-12,15,17H,9-10H2. The summed E-state index contributed by atoms with van der Waals surface area (Å²) < 4.78 is 1.41. The molecule has 0 spiro atoms. The van der Waals surface area contributed by atoms with Gasteiger partial charge in [0.1, 0.15) is 0 Å². The summed E-state index contributed by atoms with van der Waals surface area (Å²) in [7, 11) is 0. The zero-order valence-corrected chi connectivity index (χ0v) is 12.8. The molecule has 2 aromatic rings. The van der Waals surface area contributed by atoms with Crippen LogP contribution in [0.3, 0.4) is 0 Å². The summed E-state index contributed by atoms with van der Waals surface area (Å²) in [4.78, 5) is 0. The van der Waals surface area contributed by atoms with Gasteiger partial charge >= 0.3 is 0 Å². The molecule has 1 aromatic carbocycles. The maximum absolute atomic E-state index is 2.39. The minimum Gasteiger partial charge on any atom is -0.144 e. The highest BCUT2D eigenvalue weighted by Crippen LogP contribution is 2.41. The van der Waals surface area contributed by atoms with Crippen molar-refractivity contribution in [3.8, 4) is 0 Å². The van der Waals surface area contributed by atoms with Gasteiger partial charge in [-0.1, -0.05) is 48.1 Å². The third-order valence-corrected chi connectivity index (χ3v) is 6.35. The molecule has 0 saturated heterocycles. The Hall–Kier alpha value is -1.25. The highest BCUT2D eigenvalue weighted by atomic mass is 32.2. The highest BCUT2D eigenvalue weighted by molar-refractivity contribution is 8.03. The van der Waals surface area contributed by atoms with Crippen molar-refractivity contribution in [1.29, 1.82) is 0 Å². The lowest BCUT2D eigenvalue weighted by atomic mass is 9.89. The fourth-order valence-corrected chi connectivity index (χ4v) is 5.25. The van der Waals surface area contributed by atoms with Crippen LogP contribution in [0.2, 0.25) is 0 Å². The first-order valence-corrected chi connectivity index (χ1v) is 8.88. The number of fused-ring (bicyclic) bond motifs is 2. The Morgan fingerprint density at radius 3 is 2.90 bits per heavy atom. The molecule has 1 aromatic heterocycles. The van der Waals surface area contributed by atoms with E-state index in [9.17, 15) is 0 Å². The maximum atomic E-state index is 2.39. The van der Waals surface area contributed by atoms with Crippen LogP contribution in [0.4, 0.5) is 0 Å². The molecule has 0 amide bonds. The molecule has 0 N–H and O–H groups in total. The fraction of sp³-hybridized carbons (Fsp3) is 0.222. The Morgan fingerprint density at radius 1 is 1.00 bits per heavy atom. The Morgan fingerprint density at radius 2 is 1.90 bits per heavy atom. The number of aryl methyl sites for hydroxylation is 1. The third kappa shape index (κ3) is 2.17. The molecule has 1 aliphatic carbocycles. The second-order valence-electron chi connectivity index (χ2n) is 5.35. The van der Waals surface area contributed by atoms with E-state index in [1.807, 2.05) is 23.1 Å². The van der Waals surface area contributed by atoms with Crippen molar-refractivity contribution in [3.05, 3.63) is 70.5 Å². The third-order valence-electron chi connectivity index (χ3n) is 4.13. The molecule has 0 bridgehead atoms. The predicted molar refractivity (Wildman–Crippen MR) is 91.4 cm³/mol. The molecule has 20 heavy (non-hydrogen) atoms. The van der Waals surface area contributed by atoms with Crippen LogP contribution in [0.25, 0.3) is 10.1 Å². The molecule has 0 fully saturated rings. The Balaban J connectivity index is 1.51. The van der Waals surface area contributed by atoms with Gasteiger partial charge in [-0.2, -0.15) is 0 Å². The van der Waals surface area contributed by atoms with Crippen molar-refractivity contribution in [2.75, 3.05) is 0 Å². The van der Waals surface area contributed by atoms with E-state index in [1.165, 1.54) is 22.1 Å². The molecular formula is C18H16S2. The van der Waals surface area contributed by atoms with Crippen molar-refractivity contribution < 1.29 is 0 Å². The summed E-state index contributed by atoms with van der Waals surface area (Å²) in [5.74, 6) is 0.634. The van der Waals surface area contributed by atoms with Gasteiger partial charge in [-0.3, -0.25) is 0 Å². The average Bonchev–Trinajstić information content (AvgIpc) is 3.09. The lowest BCUT2D eigenvalue weighted by Gasteiger charge is -2.18. The van der Waals surface area contributed by atoms with E-state index >= 15 is 0 Å². The molecule has 2 atom stereocenters. The number of hydrogen-bond acceptors (Lipinski definition) is 2. The van der Waals surface area contributed by atoms with E-state index in [2.05, 4.69) is 59.4 Å². The second-order valence-corrected chi connectivity index (χ2v) is 7.31. The minimum absolute atomic E-state index is 0.634. The number of allylic oxidation sites excluding steroid dienone is 4. The Bertz CT molecular complexity index is 718. The molecule has 2 aliphatic rings. The van der Waals surface area contributed by atoms with Crippen LogP contribution in [-0.2, 0) is 6.42 Å². The summed E-state index contributed by atoms with van der Waals surface area (Å²) in [6.45, 7) is 0. The molecule has 1 aliphatic heterocycles. The lowest BCUT2D eigenvalue weighted by Crippen LogP contribution is -2.12. The van der Waals surface area contributed by atoms with Crippen molar-refractivity contribution in [2.24, 2.45) is 5.92 Å². The average molecular weight is 296 g/mol. The molecule has 2 heteroatoms. The van der Waals surface area contributed by atoms with Crippen molar-refractivity contribution >= 4 is 33.2 Å². The highest BCUT2D eigenvalue weighted by Gasteiger charge is 2.27. The van der Waals surface area contributed by atoms with E-state index in [0.29, 0.717) is 11.2 Å². The van der Waals surface area contributed by atoms with E-state index in [0.717, 1.165) is 6.42 Å². The Kier molecular flexibility index (Phi) is 3.29. The molecule has 100 valence electrons. The normalized spacial score (nSPS) is 24.1. The zero-order chi connectivity index (χ0) is 13.4. The summed E-state index contributed by atoms with van der Waals surface area (Å²) in [6, 6.07) is 8.75. The Labute approximate surface area is 127 Å². The van der Waals surface area contributed by atoms with Gasteiger partial charge in [-0.25, -0.2) is 0 Å². The molecular weight excluding hydrogens is 280 g/mol. The van der Waals surface area contributed by atoms with E-state index < -0.39 is 0 Å². The zero-order valence-electron chi connectivity index (χ0n) is 11.2. The van der Waals surface area contributed by atoms with Crippen LogP contribution in [-0.4, -0.2) is 5.25 Å². The number of hydrogen-bond donors (Lipinski definition) is 0. The number of thioether (sulfide) groups is 1. The van der Waals surface area contributed by atoms with Gasteiger partial charge in [0.15, 0.2) is 0 Å². The minimum atomic E-state index is 0.634. The summed E-state index contributed by atoms with van der Waals surface area (Å²) in [5, 5.41) is 6.82. The molecule has 0 nitrogen and oxygen atoms in total. The van der Waals surface area contributed by atoms with Crippen molar-refractivity contribution in [2.45, 2.75) is 18.1 Å². The predicted octanol–water partition coefficient (Wildman–Crippen LogP) is 5.58. The molecule has 4 rings (SSSR count). The van der Waals surface area contributed by atoms with E-state index in [-0.39, 0.29) is 0 Å².